The van der Waals surface area contributed by atoms with Crippen LogP contribution in [0.25, 0.3) is 11.3 Å². The molecule has 5 heteroatoms. The molecule has 2 aromatic heterocycles. The SMILES string of the molecule is CCn1cc(-c2cc(CCN)on2)cn1. The molecule has 2 rings (SSSR count). The highest BCUT2D eigenvalue weighted by Gasteiger charge is 2.07. The van der Waals surface area contributed by atoms with Crippen molar-refractivity contribution in [3.05, 3.63) is 24.2 Å². The molecule has 2 heterocycles. The van der Waals surface area contributed by atoms with Gasteiger partial charge >= 0.3 is 0 Å². The van der Waals surface area contributed by atoms with E-state index in [-0.39, 0.29) is 0 Å². The molecule has 0 bridgehead atoms. The summed E-state index contributed by atoms with van der Waals surface area (Å²) in [4.78, 5) is 0. The highest BCUT2D eigenvalue weighted by atomic mass is 16.5. The quantitative estimate of drug-likeness (QED) is 0.812. The largest absolute Gasteiger partial charge is 0.361 e. The van der Waals surface area contributed by atoms with Crippen LogP contribution in [0, 0.1) is 0 Å². The Morgan fingerprint density at radius 3 is 3.07 bits per heavy atom. The molecule has 80 valence electrons. The Balaban J connectivity index is 2.21. The zero-order valence-corrected chi connectivity index (χ0v) is 8.68. The second kappa shape index (κ2) is 4.27. The fourth-order valence-corrected chi connectivity index (χ4v) is 1.38. The molecule has 0 atom stereocenters. The van der Waals surface area contributed by atoms with Crippen LogP contribution in [0.3, 0.4) is 0 Å². The molecule has 0 aliphatic heterocycles. The maximum absolute atomic E-state index is 5.43. The van der Waals surface area contributed by atoms with Gasteiger partial charge in [-0.1, -0.05) is 5.16 Å². The molecular formula is C10H14N4O. The second-order valence-electron chi connectivity index (χ2n) is 3.30. The number of nitrogens with two attached hydrogens (primary N) is 1. The van der Waals surface area contributed by atoms with Gasteiger partial charge in [-0.15, -0.1) is 0 Å². The van der Waals surface area contributed by atoms with Crippen LogP contribution in [-0.2, 0) is 13.0 Å². The number of aryl methyl sites for hydroxylation is 1. The first-order valence-electron chi connectivity index (χ1n) is 5.02. The van der Waals surface area contributed by atoms with Gasteiger partial charge in [0, 0.05) is 30.8 Å². The lowest BCUT2D eigenvalue weighted by Gasteiger charge is -1.89. The van der Waals surface area contributed by atoms with E-state index in [1.165, 1.54) is 0 Å². The summed E-state index contributed by atoms with van der Waals surface area (Å²) < 4.78 is 6.99. The van der Waals surface area contributed by atoms with Crippen LogP contribution in [0.4, 0.5) is 0 Å². The van der Waals surface area contributed by atoms with Crippen molar-refractivity contribution in [3.8, 4) is 11.3 Å². The molecule has 0 fully saturated rings. The Hall–Kier alpha value is -1.62. The molecule has 0 aliphatic rings. The van der Waals surface area contributed by atoms with Crippen LogP contribution < -0.4 is 5.73 Å². The second-order valence-corrected chi connectivity index (χ2v) is 3.30. The third kappa shape index (κ3) is 2.07. The lowest BCUT2D eigenvalue weighted by molar-refractivity contribution is 0.386. The van der Waals surface area contributed by atoms with E-state index in [1.54, 1.807) is 6.20 Å². The zero-order chi connectivity index (χ0) is 10.7. The number of hydrogen-bond acceptors (Lipinski definition) is 4. The predicted octanol–water partition coefficient (Wildman–Crippen LogP) is 1.06. The van der Waals surface area contributed by atoms with E-state index in [0.29, 0.717) is 6.54 Å². The third-order valence-electron chi connectivity index (χ3n) is 2.20. The smallest absolute Gasteiger partial charge is 0.138 e. The van der Waals surface area contributed by atoms with Gasteiger partial charge < -0.3 is 10.3 Å². The Kier molecular flexibility index (Phi) is 2.82. The highest BCUT2D eigenvalue weighted by molar-refractivity contribution is 5.56. The summed E-state index contributed by atoms with van der Waals surface area (Å²) in [6, 6.07) is 1.91. The molecule has 0 unspecified atom stereocenters. The number of nitrogens with zero attached hydrogens (tertiary/aromatic N) is 3. The van der Waals surface area contributed by atoms with Crippen molar-refractivity contribution in [2.75, 3.05) is 6.54 Å². The minimum atomic E-state index is 0.572. The van der Waals surface area contributed by atoms with Gasteiger partial charge in [-0.05, 0) is 13.5 Å². The standard InChI is InChI=1S/C10H14N4O/c1-2-14-7-8(6-12-14)10-5-9(3-4-11)15-13-10/h5-7H,2-4,11H2,1H3. The predicted molar refractivity (Wildman–Crippen MR) is 56.2 cm³/mol. The monoisotopic (exact) mass is 206 g/mol. The van der Waals surface area contributed by atoms with Gasteiger partial charge in [0.2, 0.25) is 0 Å². The first-order valence-corrected chi connectivity index (χ1v) is 5.02. The van der Waals surface area contributed by atoms with Crippen LogP contribution >= 0.6 is 0 Å². The van der Waals surface area contributed by atoms with Crippen LogP contribution in [0.2, 0.25) is 0 Å². The first kappa shape index (κ1) is 9.92. The first-order chi connectivity index (χ1) is 7.33. The van der Waals surface area contributed by atoms with Crippen molar-refractivity contribution in [2.24, 2.45) is 5.73 Å². The Bertz CT molecular complexity index is 432. The normalized spacial score (nSPS) is 10.8. The topological polar surface area (TPSA) is 69.9 Å². The van der Waals surface area contributed by atoms with Crippen LogP contribution in [-0.4, -0.2) is 21.5 Å². The molecule has 0 radical (unpaired) electrons. The molecular weight excluding hydrogens is 192 g/mol. The summed E-state index contributed by atoms with van der Waals surface area (Å²) >= 11 is 0. The summed E-state index contributed by atoms with van der Waals surface area (Å²) in [6.07, 6.45) is 4.45. The van der Waals surface area contributed by atoms with E-state index in [1.807, 2.05) is 23.9 Å². The molecule has 15 heavy (non-hydrogen) atoms. The summed E-state index contributed by atoms with van der Waals surface area (Å²) in [6.45, 7) is 3.47. The molecule has 2 aromatic rings. The Morgan fingerprint density at radius 1 is 1.53 bits per heavy atom. The van der Waals surface area contributed by atoms with Crippen molar-refractivity contribution in [3.63, 3.8) is 0 Å². The van der Waals surface area contributed by atoms with Gasteiger partial charge in [0.15, 0.2) is 0 Å². The van der Waals surface area contributed by atoms with Crippen molar-refractivity contribution in [1.82, 2.24) is 14.9 Å². The average molecular weight is 206 g/mol. The minimum absolute atomic E-state index is 0.572. The van der Waals surface area contributed by atoms with E-state index in [9.17, 15) is 0 Å². The van der Waals surface area contributed by atoms with Gasteiger partial charge in [-0.25, -0.2) is 0 Å². The maximum Gasteiger partial charge on any atom is 0.138 e. The summed E-state index contributed by atoms with van der Waals surface area (Å²) in [7, 11) is 0. The summed E-state index contributed by atoms with van der Waals surface area (Å²) in [5, 5.41) is 8.15. The van der Waals surface area contributed by atoms with Gasteiger partial charge in [-0.2, -0.15) is 5.10 Å². The third-order valence-corrected chi connectivity index (χ3v) is 2.20. The maximum atomic E-state index is 5.43. The zero-order valence-electron chi connectivity index (χ0n) is 8.68. The van der Waals surface area contributed by atoms with E-state index in [2.05, 4.69) is 10.3 Å². The number of aromatic nitrogens is 3. The van der Waals surface area contributed by atoms with Crippen molar-refractivity contribution >= 4 is 0 Å². The summed E-state index contributed by atoms with van der Waals surface area (Å²) in [5.74, 6) is 0.816. The van der Waals surface area contributed by atoms with E-state index in [0.717, 1.165) is 30.0 Å². The molecule has 0 amide bonds. The van der Waals surface area contributed by atoms with Gasteiger partial charge in [0.1, 0.15) is 11.5 Å². The van der Waals surface area contributed by atoms with Crippen molar-refractivity contribution in [1.29, 1.82) is 0 Å². The molecule has 5 nitrogen and oxygen atoms in total. The van der Waals surface area contributed by atoms with Gasteiger partial charge in [0.05, 0.1) is 6.20 Å². The lowest BCUT2D eigenvalue weighted by Crippen LogP contribution is -2.01. The van der Waals surface area contributed by atoms with Crippen molar-refractivity contribution < 1.29 is 4.52 Å². The Labute approximate surface area is 87.9 Å². The van der Waals surface area contributed by atoms with E-state index in [4.69, 9.17) is 10.3 Å². The number of rotatable bonds is 4. The highest BCUT2D eigenvalue weighted by Crippen LogP contribution is 2.18. The lowest BCUT2D eigenvalue weighted by atomic mass is 10.2. The molecule has 2 N–H and O–H groups in total. The molecule has 0 aliphatic carbocycles. The van der Waals surface area contributed by atoms with Crippen LogP contribution in [0.5, 0.6) is 0 Å². The fourth-order valence-electron chi connectivity index (χ4n) is 1.38. The molecule has 0 saturated heterocycles. The number of hydrogen-bond donors (Lipinski definition) is 1. The Morgan fingerprint density at radius 2 is 2.40 bits per heavy atom. The summed E-state index contributed by atoms with van der Waals surface area (Å²) in [5.41, 5.74) is 7.22. The minimum Gasteiger partial charge on any atom is -0.361 e. The molecule has 0 spiro atoms. The van der Waals surface area contributed by atoms with Gasteiger partial charge in [-0.3, -0.25) is 4.68 Å². The van der Waals surface area contributed by atoms with Crippen molar-refractivity contribution in [2.45, 2.75) is 19.9 Å². The van der Waals surface area contributed by atoms with Crippen LogP contribution in [0.1, 0.15) is 12.7 Å². The average Bonchev–Trinajstić information content (AvgIpc) is 2.85. The van der Waals surface area contributed by atoms with E-state index >= 15 is 0 Å². The molecule has 0 saturated carbocycles. The van der Waals surface area contributed by atoms with E-state index < -0.39 is 0 Å². The molecule has 0 aromatic carbocycles. The van der Waals surface area contributed by atoms with Gasteiger partial charge in [0.25, 0.3) is 0 Å². The van der Waals surface area contributed by atoms with Crippen LogP contribution in [0.15, 0.2) is 23.0 Å². The fraction of sp³-hybridized carbons (Fsp3) is 0.400.